The number of piperazine rings is 1. The molecule has 122 valence electrons. The highest BCUT2D eigenvalue weighted by atomic mass is 32.2. The van der Waals surface area contributed by atoms with E-state index in [4.69, 9.17) is 5.73 Å². The van der Waals surface area contributed by atoms with Crippen LogP contribution in [0.5, 0.6) is 0 Å². The van der Waals surface area contributed by atoms with E-state index in [0.29, 0.717) is 23.7 Å². The summed E-state index contributed by atoms with van der Waals surface area (Å²) >= 11 is 0. The molecule has 2 aliphatic heterocycles. The Morgan fingerprint density at radius 2 is 1.64 bits per heavy atom. The van der Waals surface area contributed by atoms with Crippen LogP contribution >= 0.6 is 0 Å². The highest BCUT2D eigenvalue weighted by Gasteiger charge is 2.31. The van der Waals surface area contributed by atoms with Crippen molar-refractivity contribution in [1.82, 2.24) is 9.21 Å². The van der Waals surface area contributed by atoms with Crippen LogP contribution in [0, 0.1) is 0 Å². The predicted octanol–water partition coefficient (Wildman–Crippen LogP) is 0.805. The van der Waals surface area contributed by atoms with Crippen molar-refractivity contribution < 1.29 is 8.42 Å². The number of nitrogen functional groups attached to an aromatic ring is 1. The highest BCUT2D eigenvalue weighted by molar-refractivity contribution is 7.89. The number of sulfonamides is 1. The predicted molar refractivity (Wildman–Crippen MR) is 88.6 cm³/mol. The molecule has 0 amide bonds. The molecule has 6 nitrogen and oxygen atoms in total. The lowest BCUT2D eigenvalue weighted by atomic mass is 10.2. The molecule has 0 aromatic heterocycles. The van der Waals surface area contributed by atoms with Crippen molar-refractivity contribution in [3.05, 3.63) is 18.2 Å². The van der Waals surface area contributed by atoms with Gasteiger partial charge in [0.05, 0.1) is 5.69 Å². The van der Waals surface area contributed by atoms with E-state index in [2.05, 4.69) is 9.80 Å². The molecule has 7 heteroatoms. The third-order valence-electron chi connectivity index (χ3n) is 4.51. The van der Waals surface area contributed by atoms with Gasteiger partial charge in [-0.15, -0.1) is 0 Å². The Morgan fingerprint density at radius 1 is 1.00 bits per heavy atom. The average molecular weight is 324 g/mol. The minimum atomic E-state index is -3.46. The highest BCUT2D eigenvalue weighted by Crippen LogP contribution is 2.32. The molecular formula is C15H24N4O2S. The van der Waals surface area contributed by atoms with E-state index in [-0.39, 0.29) is 0 Å². The smallest absolute Gasteiger partial charge is 0.245 e. The first-order valence-electron chi connectivity index (χ1n) is 7.81. The molecule has 2 aliphatic rings. The van der Waals surface area contributed by atoms with E-state index < -0.39 is 10.0 Å². The fourth-order valence-electron chi connectivity index (χ4n) is 3.13. The Balaban J connectivity index is 1.96. The summed E-state index contributed by atoms with van der Waals surface area (Å²) < 4.78 is 27.6. The zero-order valence-corrected chi connectivity index (χ0v) is 13.8. The van der Waals surface area contributed by atoms with Crippen molar-refractivity contribution in [1.29, 1.82) is 0 Å². The molecule has 0 unspecified atom stereocenters. The Bertz CT molecular complexity index is 633. The number of likely N-dealkylation sites (N-methyl/N-ethyl adjacent to an activating group) is 1. The van der Waals surface area contributed by atoms with Crippen LogP contribution in [0.15, 0.2) is 23.1 Å². The first-order valence-corrected chi connectivity index (χ1v) is 9.25. The molecule has 3 rings (SSSR count). The van der Waals surface area contributed by atoms with Gasteiger partial charge in [0, 0.05) is 45.0 Å². The third kappa shape index (κ3) is 2.93. The number of benzene rings is 1. The summed E-state index contributed by atoms with van der Waals surface area (Å²) in [5.41, 5.74) is 7.26. The average Bonchev–Trinajstić information content (AvgIpc) is 3.01. The molecule has 2 fully saturated rings. The van der Waals surface area contributed by atoms with Gasteiger partial charge in [0.1, 0.15) is 4.90 Å². The maximum atomic E-state index is 13.0. The van der Waals surface area contributed by atoms with Crippen molar-refractivity contribution in [3.8, 4) is 0 Å². The van der Waals surface area contributed by atoms with Gasteiger partial charge in [-0.1, -0.05) is 0 Å². The van der Waals surface area contributed by atoms with E-state index in [1.807, 2.05) is 7.05 Å². The second-order valence-corrected chi connectivity index (χ2v) is 8.04. The Kier molecular flexibility index (Phi) is 4.29. The van der Waals surface area contributed by atoms with Crippen LogP contribution in [0.3, 0.4) is 0 Å². The lowest BCUT2D eigenvalue weighted by Gasteiger charge is -2.32. The number of rotatable bonds is 3. The summed E-state index contributed by atoms with van der Waals surface area (Å²) in [5, 5.41) is 0. The van der Waals surface area contributed by atoms with Gasteiger partial charge in [-0.25, -0.2) is 8.42 Å². The lowest BCUT2D eigenvalue weighted by molar-refractivity contribution is 0.222. The number of hydrogen-bond donors (Lipinski definition) is 1. The minimum Gasteiger partial charge on any atom is -0.399 e. The van der Waals surface area contributed by atoms with Gasteiger partial charge in [-0.3, -0.25) is 0 Å². The maximum absolute atomic E-state index is 13.0. The van der Waals surface area contributed by atoms with Crippen LogP contribution < -0.4 is 10.6 Å². The molecule has 2 saturated heterocycles. The van der Waals surface area contributed by atoms with Crippen LogP contribution in [0.2, 0.25) is 0 Å². The van der Waals surface area contributed by atoms with Gasteiger partial charge in [-0.2, -0.15) is 4.31 Å². The minimum absolute atomic E-state index is 0.396. The number of anilines is 2. The summed E-state index contributed by atoms with van der Waals surface area (Å²) in [5.74, 6) is 0. The van der Waals surface area contributed by atoms with E-state index >= 15 is 0 Å². The molecule has 0 saturated carbocycles. The molecule has 0 aliphatic carbocycles. The normalized spacial score (nSPS) is 21.4. The van der Waals surface area contributed by atoms with Crippen LogP contribution in [0.25, 0.3) is 0 Å². The van der Waals surface area contributed by atoms with E-state index in [1.165, 1.54) is 0 Å². The Morgan fingerprint density at radius 3 is 2.27 bits per heavy atom. The molecule has 0 bridgehead atoms. The van der Waals surface area contributed by atoms with Crippen molar-refractivity contribution in [2.45, 2.75) is 17.7 Å². The number of nitrogens with two attached hydrogens (primary N) is 1. The summed E-state index contributed by atoms with van der Waals surface area (Å²) in [6.45, 7) is 4.43. The zero-order valence-electron chi connectivity index (χ0n) is 13.0. The molecule has 1 aromatic carbocycles. The standard InChI is InChI=1S/C15H24N4O2S/c1-17-8-10-19(11-9-17)22(20,21)15-5-4-13(16)12-14(15)18-6-2-3-7-18/h4-5,12H,2-3,6-11,16H2,1H3. The summed E-state index contributed by atoms with van der Waals surface area (Å²) in [6.07, 6.45) is 2.20. The van der Waals surface area contributed by atoms with Gasteiger partial charge in [-0.05, 0) is 38.1 Å². The lowest BCUT2D eigenvalue weighted by Crippen LogP contribution is -2.47. The molecule has 2 heterocycles. The van der Waals surface area contributed by atoms with Gasteiger partial charge in [0.15, 0.2) is 0 Å². The van der Waals surface area contributed by atoms with Crippen molar-refractivity contribution in [3.63, 3.8) is 0 Å². The molecule has 0 atom stereocenters. The number of nitrogens with zero attached hydrogens (tertiary/aromatic N) is 3. The van der Waals surface area contributed by atoms with Gasteiger partial charge in [0.2, 0.25) is 10.0 Å². The van der Waals surface area contributed by atoms with Crippen molar-refractivity contribution in [2.75, 3.05) is 56.9 Å². The first kappa shape index (κ1) is 15.6. The van der Waals surface area contributed by atoms with Crippen molar-refractivity contribution >= 4 is 21.4 Å². The van der Waals surface area contributed by atoms with Crippen molar-refractivity contribution in [2.24, 2.45) is 0 Å². The molecule has 2 N–H and O–H groups in total. The molecule has 1 aromatic rings. The van der Waals surface area contributed by atoms with Crippen LogP contribution in [0.1, 0.15) is 12.8 Å². The summed E-state index contributed by atoms with van der Waals surface area (Å²) in [7, 11) is -1.44. The Labute approximate surface area is 132 Å². The number of hydrogen-bond acceptors (Lipinski definition) is 5. The SMILES string of the molecule is CN1CCN(S(=O)(=O)c2ccc(N)cc2N2CCCC2)CC1. The summed E-state index contributed by atoms with van der Waals surface area (Å²) in [4.78, 5) is 4.68. The first-order chi connectivity index (χ1) is 10.5. The third-order valence-corrected chi connectivity index (χ3v) is 6.46. The second kappa shape index (κ2) is 6.06. The fraction of sp³-hybridized carbons (Fsp3) is 0.600. The van der Waals surface area contributed by atoms with Gasteiger partial charge >= 0.3 is 0 Å². The van der Waals surface area contributed by atoms with Crippen LogP contribution in [-0.4, -0.2) is 63.9 Å². The van der Waals surface area contributed by atoms with E-state index in [1.54, 1.807) is 22.5 Å². The van der Waals surface area contributed by atoms with Gasteiger partial charge < -0.3 is 15.5 Å². The fourth-order valence-corrected chi connectivity index (χ4v) is 4.74. The quantitative estimate of drug-likeness (QED) is 0.833. The molecular weight excluding hydrogens is 300 g/mol. The molecule has 0 spiro atoms. The van der Waals surface area contributed by atoms with Gasteiger partial charge in [0.25, 0.3) is 0 Å². The van der Waals surface area contributed by atoms with Crippen LogP contribution in [0.4, 0.5) is 11.4 Å². The zero-order chi connectivity index (χ0) is 15.7. The largest absolute Gasteiger partial charge is 0.399 e. The van der Waals surface area contributed by atoms with E-state index in [0.717, 1.165) is 44.7 Å². The molecule has 22 heavy (non-hydrogen) atoms. The topological polar surface area (TPSA) is 69.9 Å². The Hall–Kier alpha value is -1.31. The van der Waals surface area contributed by atoms with E-state index in [9.17, 15) is 8.42 Å². The maximum Gasteiger partial charge on any atom is 0.245 e. The second-order valence-electron chi connectivity index (χ2n) is 6.13. The van der Waals surface area contributed by atoms with Crippen LogP contribution in [-0.2, 0) is 10.0 Å². The summed E-state index contributed by atoms with van der Waals surface area (Å²) in [6, 6.07) is 5.15. The molecule has 0 radical (unpaired) electrons. The monoisotopic (exact) mass is 324 g/mol.